The Balaban J connectivity index is 3.19. The zero-order chi connectivity index (χ0) is 7.11. The van der Waals surface area contributed by atoms with Gasteiger partial charge in [0.2, 0.25) is 0 Å². The lowest BCUT2D eigenvalue weighted by atomic mass is 10.5. The summed E-state index contributed by atoms with van der Waals surface area (Å²) in [5, 5.41) is 7.81. The van der Waals surface area contributed by atoms with Crippen LogP contribution in [0.1, 0.15) is 13.3 Å². The second kappa shape index (κ2) is 5.61. The van der Waals surface area contributed by atoms with E-state index in [1.807, 2.05) is 6.92 Å². The van der Waals surface area contributed by atoms with Gasteiger partial charge in [-0.25, -0.2) is 4.57 Å². The quantitative estimate of drug-likeness (QED) is 0.446. The van der Waals surface area contributed by atoms with Crippen LogP contribution in [0.5, 0.6) is 0 Å². The molecule has 9 heavy (non-hydrogen) atoms. The minimum Gasteiger partial charge on any atom is -0.351 e. The van der Waals surface area contributed by atoms with Gasteiger partial charge in [0.25, 0.3) is 6.26 Å². The Bertz CT molecular complexity index is 130. The molecule has 0 saturated carbocycles. The fourth-order valence-electron chi connectivity index (χ4n) is 0.252. The number of nitrogens with zero attached hydrogens (tertiary/aromatic N) is 1. The molecule has 0 bridgehead atoms. The zero-order valence-corrected chi connectivity index (χ0v) is 6.09. The number of hydrogen-bond donors (Lipinski definition) is 0. The summed E-state index contributed by atoms with van der Waals surface area (Å²) in [7, 11) is -2.51. The molecule has 0 aliphatic rings. The third-order valence-electron chi connectivity index (χ3n) is 0.553. The van der Waals surface area contributed by atoms with E-state index >= 15 is 0 Å². The van der Waals surface area contributed by atoms with Gasteiger partial charge in [-0.1, -0.05) is 6.92 Å². The molecule has 0 aromatic heterocycles. The molecule has 0 fully saturated rings. The van der Waals surface area contributed by atoms with Crippen LogP contribution in [0.4, 0.5) is 0 Å². The van der Waals surface area contributed by atoms with Crippen molar-refractivity contribution in [2.75, 3.05) is 6.61 Å². The van der Waals surface area contributed by atoms with Crippen LogP contribution in [0.25, 0.3) is 0 Å². The topological polar surface area (TPSA) is 59.3 Å². The van der Waals surface area contributed by atoms with Gasteiger partial charge >= 0.3 is 8.25 Å². The number of nitriles is 1. The molecule has 0 spiro atoms. The minimum atomic E-state index is -2.51. The lowest BCUT2D eigenvalue weighted by molar-refractivity contribution is 0.277. The highest BCUT2D eigenvalue weighted by atomic mass is 31.1. The molecule has 0 aromatic carbocycles. The maximum absolute atomic E-state index is 10.3. The van der Waals surface area contributed by atoms with E-state index in [4.69, 9.17) is 5.26 Å². The SMILES string of the molecule is CCCO[PH](=O)OC#N. The van der Waals surface area contributed by atoms with Gasteiger partial charge in [-0.05, 0) is 6.42 Å². The van der Waals surface area contributed by atoms with E-state index in [1.165, 1.54) is 6.26 Å². The fraction of sp³-hybridized carbons (Fsp3) is 0.750. The van der Waals surface area contributed by atoms with Crippen molar-refractivity contribution in [3.63, 3.8) is 0 Å². The van der Waals surface area contributed by atoms with E-state index in [2.05, 4.69) is 9.05 Å². The first kappa shape index (κ1) is 8.48. The summed E-state index contributed by atoms with van der Waals surface area (Å²) >= 11 is 0. The lowest BCUT2D eigenvalue weighted by Crippen LogP contribution is -1.82. The first-order valence-electron chi connectivity index (χ1n) is 2.54. The van der Waals surface area contributed by atoms with Crippen LogP contribution in [-0.4, -0.2) is 6.61 Å². The molecule has 1 unspecified atom stereocenters. The summed E-state index contributed by atoms with van der Waals surface area (Å²) in [6, 6.07) is 0. The van der Waals surface area contributed by atoms with Gasteiger partial charge in [0, 0.05) is 0 Å². The Morgan fingerprint density at radius 1 is 1.78 bits per heavy atom. The van der Waals surface area contributed by atoms with Gasteiger partial charge in [0.1, 0.15) is 0 Å². The van der Waals surface area contributed by atoms with E-state index in [0.29, 0.717) is 6.61 Å². The maximum atomic E-state index is 10.3. The van der Waals surface area contributed by atoms with Crippen LogP contribution in [0.2, 0.25) is 0 Å². The highest BCUT2D eigenvalue weighted by molar-refractivity contribution is 7.33. The second-order valence-electron chi connectivity index (χ2n) is 1.29. The van der Waals surface area contributed by atoms with E-state index in [0.717, 1.165) is 6.42 Å². The molecule has 0 radical (unpaired) electrons. The van der Waals surface area contributed by atoms with Crippen LogP contribution in [0, 0.1) is 11.5 Å². The van der Waals surface area contributed by atoms with Crippen molar-refractivity contribution in [2.24, 2.45) is 0 Å². The molecule has 0 rings (SSSR count). The summed E-state index contributed by atoms with van der Waals surface area (Å²) < 4.78 is 18.8. The zero-order valence-electron chi connectivity index (χ0n) is 5.09. The summed E-state index contributed by atoms with van der Waals surface area (Å²) in [6.07, 6.45) is 2.05. The van der Waals surface area contributed by atoms with Gasteiger partial charge in [0.05, 0.1) is 6.61 Å². The molecule has 0 saturated heterocycles. The third-order valence-corrected chi connectivity index (χ3v) is 1.25. The number of rotatable bonds is 4. The molecule has 4 nitrogen and oxygen atoms in total. The maximum Gasteiger partial charge on any atom is 0.377 e. The first-order valence-corrected chi connectivity index (χ1v) is 3.76. The molecule has 0 aliphatic carbocycles. The third kappa shape index (κ3) is 5.35. The average molecular weight is 149 g/mol. The van der Waals surface area contributed by atoms with Crippen LogP contribution < -0.4 is 0 Å². The Kier molecular flexibility index (Phi) is 5.29. The molecule has 0 amide bonds. The largest absolute Gasteiger partial charge is 0.377 e. The van der Waals surface area contributed by atoms with Crippen molar-refractivity contribution in [2.45, 2.75) is 13.3 Å². The summed E-state index contributed by atoms with van der Waals surface area (Å²) in [5.74, 6) is 0. The fourth-order valence-corrected chi connectivity index (χ4v) is 0.756. The lowest BCUT2D eigenvalue weighted by Gasteiger charge is -1.95. The van der Waals surface area contributed by atoms with E-state index in [1.54, 1.807) is 0 Å². The average Bonchev–Trinajstić information content (AvgIpc) is 1.85. The second-order valence-corrected chi connectivity index (χ2v) is 2.28. The van der Waals surface area contributed by atoms with Gasteiger partial charge in [-0.15, -0.1) is 5.26 Å². The van der Waals surface area contributed by atoms with Crippen LogP contribution in [0.15, 0.2) is 0 Å². The van der Waals surface area contributed by atoms with Crippen molar-refractivity contribution < 1.29 is 13.6 Å². The van der Waals surface area contributed by atoms with Crippen molar-refractivity contribution in [1.82, 2.24) is 0 Å². The van der Waals surface area contributed by atoms with Crippen LogP contribution in [-0.2, 0) is 13.6 Å². The van der Waals surface area contributed by atoms with Crippen molar-refractivity contribution in [3.8, 4) is 6.26 Å². The standard InChI is InChI=1S/C4H8NO3P/c1-2-3-7-9(6)8-4-5/h9H,2-3H2,1H3. The van der Waals surface area contributed by atoms with Gasteiger partial charge in [0.15, 0.2) is 0 Å². The molecular formula is C4H8NO3P. The molecule has 5 heteroatoms. The molecule has 0 N–H and O–H groups in total. The summed E-state index contributed by atoms with van der Waals surface area (Å²) in [5.41, 5.74) is 0. The molecule has 0 heterocycles. The van der Waals surface area contributed by atoms with Gasteiger partial charge in [-0.3, -0.25) is 0 Å². The van der Waals surface area contributed by atoms with E-state index in [9.17, 15) is 4.57 Å². The number of hydrogen-bond acceptors (Lipinski definition) is 4. The Morgan fingerprint density at radius 3 is 2.89 bits per heavy atom. The van der Waals surface area contributed by atoms with Crippen LogP contribution >= 0.6 is 8.25 Å². The van der Waals surface area contributed by atoms with Crippen molar-refractivity contribution in [3.05, 3.63) is 0 Å². The summed E-state index contributed by atoms with van der Waals surface area (Å²) in [4.78, 5) is 0. The van der Waals surface area contributed by atoms with E-state index in [-0.39, 0.29) is 0 Å². The molecular weight excluding hydrogens is 141 g/mol. The molecule has 1 atom stereocenters. The Morgan fingerprint density at radius 2 is 2.44 bits per heavy atom. The minimum absolute atomic E-state index is 0.374. The van der Waals surface area contributed by atoms with Gasteiger partial charge < -0.3 is 9.05 Å². The van der Waals surface area contributed by atoms with Crippen LogP contribution in [0.3, 0.4) is 0 Å². The van der Waals surface area contributed by atoms with Crippen molar-refractivity contribution in [1.29, 1.82) is 5.26 Å². The highest BCUT2D eigenvalue weighted by Crippen LogP contribution is 2.22. The smallest absolute Gasteiger partial charge is 0.351 e. The summed E-state index contributed by atoms with van der Waals surface area (Å²) in [6.45, 7) is 2.25. The monoisotopic (exact) mass is 149 g/mol. The first-order chi connectivity index (χ1) is 4.31. The van der Waals surface area contributed by atoms with E-state index < -0.39 is 8.25 Å². The Labute approximate surface area is 54.3 Å². The molecule has 0 aromatic rings. The predicted molar refractivity (Wildman–Crippen MR) is 31.9 cm³/mol. The van der Waals surface area contributed by atoms with Crippen molar-refractivity contribution >= 4 is 8.25 Å². The highest BCUT2D eigenvalue weighted by Gasteiger charge is 1.94. The normalized spacial score (nSPS) is 12.0. The Hall–Kier alpha value is -0.520. The molecule has 0 aliphatic heterocycles. The predicted octanol–water partition coefficient (Wildman–Crippen LogP) is 1.30. The molecule has 52 valence electrons. The van der Waals surface area contributed by atoms with Gasteiger partial charge in [-0.2, -0.15) is 0 Å².